The highest BCUT2D eigenvalue weighted by atomic mass is 35.5. The fraction of sp³-hybridized carbons (Fsp3) is 0.200. The summed E-state index contributed by atoms with van der Waals surface area (Å²) >= 11 is 8.23. The van der Waals surface area contributed by atoms with Crippen molar-refractivity contribution in [2.75, 3.05) is 13.6 Å². The van der Waals surface area contributed by atoms with Crippen molar-refractivity contribution < 1.29 is 4.79 Å². The molecule has 4 rings (SSSR count). The van der Waals surface area contributed by atoms with Crippen LogP contribution in [-0.2, 0) is 13.1 Å². The minimum Gasteiger partial charge on any atom is -0.309 e. The number of carbonyl (C=O) groups is 1. The topological polar surface area (TPSA) is 54.0 Å². The Morgan fingerprint density at radius 1 is 1.03 bits per heavy atom. The summed E-state index contributed by atoms with van der Waals surface area (Å²) in [6.07, 6.45) is 0.836. The quantitative estimate of drug-likeness (QED) is 0.224. The molecule has 0 fully saturated rings. The SMILES string of the molecule is [B]c1ccc(C(=O)Cn2c(=N)n(CCCN(C)Sc3ccccc3)c3c(Cl)cccc32)cc1. The smallest absolute Gasteiger partial charge is 0.203 e. The standard InChI is InChI=1S/C25H24BClN4OS/c1-29(33-20-7-3-2-4-8-20)15-6-16-30-24-21(27)9-5-10-22(24)31(25(30)28)17-23(32)18-11-13-19(26)14-12-18/h2-5,7-14,28H,6,15-17H2,1H3. The number of benzene rings is 3. The molecule has 4 aromatic rings. The Morgan fingerprint density at radius 3 is 2.48 bits per heavy atom. The number of Topliss-reactive ketones (excluding diaryl/α,β-unsaturated/α-hetero) is 1. The maximum Gasteiger partial charge on any atom is 0.203 e. The molecule has 0 saturated carbocycles. The van der Waals surface area contributed by atoms with E-state index >= 15 is 0 Å². The van der Waals surface area contributed by atoms with Crippen molar-refractivity contribution in [3.05, 3.63) is 89.0 Å². The molecule has 0 saturated heterocycles. The van der Waals surface area contributed by atoms with Crippen LogP contribution in [0.5, 0.6) is 0 Å². The van der Waals surface area contributed by atoms with Crippen LogP contribution in [0.3, 0.4) is 0 Å². The number of nitrogens with zero attached hydrogens (tertiary/aromatic N) is 3. The number of aromatic nitrogens is 2. The molecule has 2 radical (unpaired) electrons. The number of nitrogens with one attached hydrogen (secondary N) is 1. The van der Waals surface area contributed by atoms with E-state index in [1.54, 1.807) is 40.8 Å². The molecule has 0 unspecified atom stereocenters. The largest absolute Gasteiger partial charge is 0.309 e. The molecule has 1 aromatic heterocycles. The van der Waals surface area contributed by atoms with Crippen LogP contribution < -0.4 is 11.1 Å². The minimum atomic E-state index is -0.0773. The normalized spacial score (nSPS) is 11.4. The molecule has 0 amide bonds. The first kappa shape index (κ1) is 23.4. The van der Waals surface area contributed by atoms with Gasteiger partial charge in [-0.2, -0.15) is 0 Å². The molecule has 0 aliphatic rings. The van der Waals surface area contributed by atoms with Gasteiger partial charge in [-0.15, -0.1) is 0 Å². The van der Waals surface area contributed by atoms with Crippen LogP contribution in [-0.4, -0.2) is 40.7 Å². The first-order valence-electron chi connectivity index (χ1n) is 10.7. The van der Waals surface area contributed by atoms with Crippen molar-refractivity contribution in [2.45, 2.75) is 24.4 Å². The highest BCUT2D eigenvalue weighted by Crippen LogP contribution is 2.24. The zero-order valence-electron chi connectivity index (χ0n) is 18.4. The monoisotopic (exact) mass is 474 g/mol. The Labute approximate surface area is 204 Å². The van der Waals surface area contributed by atoms with Crippen molar-refractivity contribution in [3.8, 4) is 0 Å². The summed E-state index contributed by atoms with van der Waals surface area (Å²) in [5.41, 5.74) is 3.01. The predicted octanol–water partition coefficient (Wildman–Crippen LogP) is 4.28. The molecule has 5 nitrogen and oxygen atoms in total. The number of ketones is 1. The molecule has 3 aromatic carbocycles. The zero-order valence-corrected chi connectivity index (χ0v) is 19.9. The Hall–Kier alpha value is -2.74. The Morgan fingerprint density at radius 2 is 1.76 bits per heavy atom. The second-order valence-electron chi connectivity index (χ2n) is 7.82. The number of hydrogen-bond acceptors (Lipinski definition) is 4. The van der Waals surface area contributed by atoms with Gasteiger partial charge < -0.3 is 9.13 Å². The van der Waals surface area contributed by atoms with Crippen LogP contribution in [0, 0.1) is 5.41 Å². The number of aryl methyl sites for hydroxylation is 1. The highest BCUT2D eigenvalue weighted by Gasteiger charge is 2.17. The summed E-state index contributed by atoms with van der Waals surface area (Å²) in [5, 5.41) is 9.38. The Balaban J connectivity index is 1.53. The number of imidazole rings is 1. The van der Waals surface area contributed by atoms with E-state index in [1.807, 2.05) is 41.0 Å². The molecule has 8 heteroatoms. The lowest BCUT2D eigenvalue weighted by Crippen LogP contribution is -2.28. The lowest BCUT2D eigenvalue weighted by atomic mass is 9.94. The summed E-state index contributed by atoms with van der Waals surface area (Å²) < 4.78 is 5.81. The van der Waals surface area contributed by atoms with Crippen LogP contribution in [0.25, 0.3) is 11.0 Å². The number of para-hydroxylation sites is 1. The molecular weight excluding hydrogens is 451 g/mol. The molecular formula is C25H24BClN4OS. The van der Waals surface area contributed by atoms with Gasteiger partial charge in [-0.05, 0) is 49.7 Å². The fourth-order valence-electron chi connectivity index (χ4n) is 3.79. The van der Waals surface area contributed by atoms with Gasteiger partial charge in [-0.3, -0.25) is 10.2 Å². The van der Waals surface area contributed by atoms with Gasteiger partial charge in [0.2, 0.25) is 5.62 Å². The lowest BCUT2D eigenvalue weighted by molar-refractivity contribution is 0.0971. The van der Waals surface area contributed by atoms with E-state index in [2.05, 4.69) is 23.5 Å². The van der Waals surface area contributed by atoms with E-state index in [1.165, 1.54) is 4.90 Å². The molecule has 33 heavy (non-hydrogen) atoms. The second kappa shape index (κ2) is 10.5. The third-order valence-corrected chi connectivity index (χ3v) is 6.71. The highest BCUT2D eigenvalue weighted by molar-refractivity contribution is 7.97. The Kier molecular flexibility index (Phi) is 7.43. The van der Waals surface area contributed by atoms with Crippen molar-refractivity contribution in [1.29, 1.82) is 5.41 Å². The van der Waals surface area contributed by atoms with Crippen molar-refractivity contribution in [3.63, 3.8) is 0 Å². The summed E-state index contributed by atoms with van der Waals surface area (Å²) in [6.45, 7) is 1.53. The number of fused-ring (bicyclic) bond motifs is 1. The van der Waals surface area contributed by atoms with Crippen LogP contribution in [0.4, 0.5) is 0 Å². The lowest BCUT2D eigenvalue weighted by Gasteiger charge is -2.15. The maximum absolute atomic E-state index is 12.9. The summed E-state index contributed by atoms with van der Waals surface area (Å²) in [4.78, 5) is 14.1. The number of halogens is 1. The fourth-order valence-corrected chi connectivity index (χ4v) is 4.93. The van der Waals surface area contributed by atoms with Gasteiger partial charge in [0.15, 0.2) is 5.78 Å². The van der Waals surface area contributed by atoms with E-state index in [9.17, 15) is 4.79 Å². The average Bonchev–Trinajstić information content (AvgIpc) is 3.07. The van der Waals surface area contributed by atoms with Crippen molar-refractivity contribution in [1.82, 2.24) is 13.4 Å². The van der Waals surface area contributed by atoms with Gasteiger partial charge in [-0.1, -0.05) is 65.6 Å². The van der Waals surface area contributed by atoms with E-state index in [0.29, 0.717) is 22.6 Å². The average molecular weight is 475 g/mol. The second-order valence-corrected chi connectivity index (χ2v) is 9.51. The van der Waals surface area contributed by atoms with E-state index in [-0.39, 0.29) is 17.9 Å². The molecule has 166 valence electrons. The minimum absolute atomic E-state index is 0.0658. The van der Waals surface area contributed by atoms with Crippen LogP contribution in [0.15, 0.2) is 77.7 Å². The van der Waals surface area contributed by atoms with Crippen molar-refractivity contribution in [2.24, 2.45) is 0 Å². The van der Waals surface area contributed by atoms with Crippen LogP contribution >= 0.6 is 23.5 Å². The molecule has 0 bridgehead atoms. The molecule has 0 aliphatic heterocycles. The van der Waals surface area contributed by atoms with Gasteiger partial charge in [-0.25, -0.2) is 4.31 Å². The first-order chi connectivity index (χ1) is 15.9. The van der Waals surface area contributed by atoms with Crippen LogP contribution in [0.2, 0.25) is 5.02 Å². The molecule has 1 heterocycles. The van der Waals surface area contributed by atoms with Crippen LogP contribution in [0.1, 0.15) is 16.8 Å². The predicted molar refractivity (Wildman–Crippen MR) is 136 cm³/mol. The van der Waals surface area contributed by atoms with E-state index < -0.39 is 0 Å². The maximum atomic E-state index is 12.9. The van der Waals surface area contributed by atoms with E-state index in [0.717, 1.165) is 24.0 Å². The number of carbonyl (C=O) groups excluding carboxylic acids is 1. The third-order valence-electron chi connectivity index (χ3n) is 5.43. The van der Waals surface area contributed by atoms with Gasteiger partial charge >= 0.3 is 0 Å². The summed E-state index contributed by atoms with van der Waals surface area (Å²) in [5.74, 6) is -0.0773. The van der Waals surface area contributed by atoms with Crippen molar-refractivity contribution >= 4 is 53.7 Å². The molecule has 0 atom stereocenters. The Bertz CT molecular complexity index is 1320. The number of rotatable bonds is 9. The van der Waals surface area contributed by atoms with Gasteiger partial charge in [0.1, 0.15) is 7.85 Å². The third kappa shape index (κ3) is 5.44. The molecule has 1 N–H and O–H groups in total. The first-order valence-corrected chi connectivity index (χ1v) is 11.8. The van der Waals surface area contributed by atoms with Gasteiger partial charge in [0.05, 0.1) is 22.6 Å². The zero-order chi connectivity index (χ0) is 23.4. The number of hydrogen-bond donors (Lipinski definition) is 1. The summed E-state index contributed by atoms with van der Waals surface area (Å²) in [7, 11) is 7.80. The van der Waals surface area contributed by atoms with Gasteiger partial charge in [0, 0.05) is 23.5 Å². The van der Waals surface area contributed by atoms with E-state index in [4.69, 9.17) is 24.9 Å². The molecule has 0 spiro atoms. The summed E-state index contributed by atoms with van der Waals surface area (Å²) in [6, 6.07) is 22.7. The van der Waals surface area contributed by atoms with Gasteiger partial charge in [0.25, 0.3) is 0 Å². The molecule has 0 aliphatic carbocycles.